The van der Waals surface area contributed by atoms with Gasteiger partial charge in [-0.05, 0) is 68.8 Å². The molecule has 0 saturated carbocycles. The number of rotatable bonds is 4. The molecule has 0 aliphatic carbocycles. The van der Waals surface area contributed by atoms with Crippen LogP contribution in [0.15, 0.2) is 36.4 Å². The van der Waals surface area contributed by atoms with Gasteiger partial charge in [0.15, 0.2) is 0 Å². The molecule has 0 unspecified atom stereocenters. The van der Waals surface area contributed by atoms with Gasteiger partial charge < -0.3 is 19.4 Å². The highest BCUT2D eigenvalue weighted by molar-refractivity contribution is 5.98. The molecule has 2 saturated heterocycles. The van der Waals surface area contributed by atoms with Gasteiger partial charge >= 0.3 is 0 Å². The summed E-state index contributed by atoms with van der Waals surface area (Å²) < 4.78 is 6.27. The van der Waals surface area contributed by atoms with Crippen LogP contribution in [-0.4, -0.2) is 79.1 Å². The maximum atomic E-state index is 12.8. The topological polar surface area (TPSA) is 36.0 Å². The Morgan fingerprint density at radius 2 is 1.59 bits per heavy atom. The molecule has 0 N–H and O–H groups in total. The minimum atomic E-state index is 0.136. The number of carbonyl (C=O) groups excluding carboxylic acids is 1. The summed E-state index contributed by atoms with van der Waals surface area (Å²) in [7, 11) is 2.10. The molecule has 2 fully saturated rings. The van der Waals surface area contributed by atoms with Crippen molar-refractivity contribution >= 4 is 16.7 Å². The molecule has 2 aliphatic rings. The molecule has 0 aromatic heterocycles. The molecule has 5 nitrogen and oxygen atoms in total. The quantitative estimate of drug-likeness (QED) is 0.794. The van der Waals surface area contributed by atoms with Crippen molar-refractivity contribution in [3.05, 3.63) is 42.0 Å². The van der Waals surface area contributed by atoms with Crippen molar-refractivity contribution < 1.29 is 9.53 Å². The second-order valence-corrected chi connectivity index (χ2v) is 8.77. The Bertz CT molecular complexity index is 850. The fourth-order valence-electron chi connectivity index (χ4n) is 4.32. The number of piperazine rings is 1. The average Bonchev–Trinajstić information content (AvgIpc) is 2.74. The van der Waals surface area contributed by atoms with E-state index in [0.717, 1.165) is 74.2 Å². The summed E-state index contributed by atoms with van der Waals surface area (Å²) in [6.07, 6.45) is 2.45. The lowest BCUT2D eigenvalue weighted by Gasteiger charge is -2.34. The van der Waals surface area contributed by atoms with E-state index in [2.05, 4.69) is 42.8 Å². The fourth-order valence-corrected chi connectivity index (χ4v) is 4.32. The zero-order valence-corrected chi connectivity index (χ0v) is 17.9. The molecule has 2 aliphatic heterocycles. The van der Waals surface area contributed by atoms with Crippen LogP contribution in [0.2, 0.25) is 0 Å². The minimum absolute atomic E-state index is 0.136. The van der Waals surface area contributed by atoms with Gasteiger partial charge in [-0.1, -0.05) is 12.1 Å². The summed E-state index contributed by atoms with van der Waals surface area (Å²) in [5, 5.41) is 2.21. The van der Waals surface area contributed by atoms with Crippen LogP contribution in [0.25, 0.3) is 10.8 Å². The number of benzene rings is 2. The van der Waals surface area contributed by atoms with Crippen molar-refractivity contribution in [2.24, 2.45) is 0 Å². The highest BCUT2D eigenvalue weighted by Gasteiger charge is 2.23. The predicted octanol–water partition coefficient (Wildman–Crippen LogP) is 3.48. The minimum Gasteiger partial charge on any atom is -0.490 e. The normalized spacial score (nSPS) is 19.8. The molecule has 0 spiro atoms. The first-order valence-corrected chi connectivity index (χ1v) is 10.9. The van der Waals surface area contributed by atoms with Crippen LogP contribution in [0.3, 0.4) is 0 Å². The van der Waals surface area contributed by atoms with Gasteiger partial charge in [-0.2, -0.15) is 0 Å². The van der Waals surface area contributed by atoms with Crippen LogP contribution in [0, 0.1) is 0 Å². The van der Waals surface area contributed by atoms with E-state index in [1.165, 1.54) is 0 Å². The van der Waals surface area contributed by atoms with Gasteiger partial charge in [-0.15, -0.1) is 0 Å². The van der Waals surface area contributed by atoms with Crippen molar-refractivity contribution in [3.63, 3.8) is 0 Å². The van der Waals surface area contributed by atoms with Crippen LogP contribution >= 0.6 is 0 Å². The number of piperidine rings is 1. The number of ether oxygens (including phenoxy) is 1. The third-order valence-electron chi connectivity index (χ3n) is 6.36. The lowest BCUT2D eigenvalue weighted by molar-refractivity contribution is 0.0664. The number of fused-ring (bicyclic) bond motifs is 1. The summed E-state index contributed by atoms with van der Waals surface area (Å²) in [5.74, 6) is 1.07. The molecule has 156 valence electrons. The van der Waals surface area contributed by atoms with E-state index in [-0.39, 0.29) is 5.91 Å². The summed E-state index contributed by atoms with van der Waals surface area (Å²) in [6.45, 7) is 10.2. The van der Waals surface area contributed by atoms with Gasteiger partial charge in [-0.25, -0.2) is 0 Å². The number of likely N-dealkylation sites (N-methyl/N-ethyl adjacent to an activating group) is 1. The Hall–Kier alpha value is -2.11. The SMILES string of the molecule is CC(C)N1CCC(Oc2ccc3cc(C(=O)N4CCN(C)CC4)ccc3c2)CC1. The standard InChI is InChI=1S/C24H33N3O2/c1-18(2)26-10-8-22(9-11-26)29-23-7-6-19-16-21(5-4-20(19)17-23)24(28)27-14-12-25(3)13-15-27/h4-7,16-18,22H,8-15H2,1-3H3. The van der Waals surface area contributed by atoms with Gasteiger partial charge in [0.2, 0.25) is 0 Å². The number of amides is 1. The molecule has 2 aromatic rings. The Kier molecular flexibility index (Phi) is 6.07. The molecular weight excluding hydrogens is 362 g/mol. The second-order valence-electron chi connectivity index (χ2n) is 8.77. The Morgan fingerprint density at radius 3 is 2.28 bits per heavy atom. The Balaban J connectivity index is 1.41. The van der Waals surface area contributed by atoms with Gasteiger partial charge in [-0.3, -0.25) is 4.79 Å². The molecule has 29 heavy (non-hydrogen) atoms. The highest BCUT2D eigenvalue weighted by atomic mass is 16.5. The van der Waals surface area contributed by atoms with E-state index in [1.807, 2.05) is 29.2 Å². The van der Waals surface area contributed by atoms with Crippen LogP contribution in [0.1, 0.15) is 37.0 Å². The predicted molar refractivity (Wildman–Crippen MR) is 118 cm³/mol. The maximum Gasteiger partial charge on any atom is 0.253 e. The van der Waals surface area contributed by atoms with Gasteiger partial charge in [0.05, 0.1) is 0 Å². The van der Waals surface area contributed by atoms with E-state index in [0.29, 0.717) is 12.1 Å². The zero-order chi connectivity index (χ0) is 20.4. The highest BCUT2D eigenvalue weighted by Crippen LogP contribution is 2.26. The van der Waals surface area contributed by atoms with Gasteiger partial charge in [0.1, 0.15) is 11.9 Å². The summed E-state index contributed by atoms with van der Waals surface area (Å²) in [6, 6.07) is 12.9. The smallest absolute Gasteiger partial charge is 0.253 e. The molecule has 0 atom stereocenters. The monoisotopic (exact) mass is 395 g/mol. The molecule has 4 rings (SSSR count). The van der Waals surface area contributed by atoms with Crippen LogP contribution in [-0.2, 0) is 0 Å². The first-order chi connectivity index (χ1) is 14.0. The van der Waals surface area contributed by atoms with Crippen molar-refractivity contribution in [3.8, 4) is 5.75 Å². The molecule has 1 amide bonds. The fraction of sp³-hybridized carbons (Fsp3) is 0.542. The average molecular weight is 396 g/mol. The summed E-state index contributed by atoms with van der Waals surface area (Å²) >= 11 is 0. The van der Waals surface area contributed by atoms with Crippen molar-refractivity contribution in [2.45, 2.75) is 38.8 Å². The van der Waals surface area contributed by atoms with Gasteiger partial charge in [0, 0.05) is 50.9 Å². The molecule has 0 bridgehead atoms. The Labute approximate surface area is 174 Å². The molecule has 2 aromatic carbocycles. The maximum absolute atomic E-state index is 12.8. The number of likely N-dealkylation sites (tertiary alicyclic amines) is 1. The number of nitrogens with zero attached hydrogens (tertiary/aromatic N) is 3. The van der Waals surface area contributed by atoms with Gasteiger partial charge in [0.25, 0.3) is 5.91 Å². The number of hydrogen-bond donors (Lipinski definition) is 0. The van der Waals surface area contributed by atoms with Crippen LogP contribution in [0.5, 0.6) is 5.75 Å². The molecular formula is C24H33N3O2. The first-order valence-electron chi connectivity index (χ1n) is 10.9. The van der Waals surface area contributed by atoms with E-state index in [9.17, 15) is 4.79 Å². The summed E-state index contributed by atoms with van der Waals surface area (Å²) in [4.78, 5) is 19.6. The number of hydrogen-bond acceptors (Lipinski definition) is 4. The number of carbonyl (C=O) groups is 1. The first kappa shape index (κ1) is 20.2. The van der Waals surface area contributed by atoms with E-state index >= 15 is 0 Å². The van der Waals surface area contributed by atoms with Crippen LogP contribution in [0.4, 0.5) is 0 Å². The third kappa shape index (κ3) is 4.73. The van der Waals surface area contributed by atoms with Crippen molar-refractivity contribution in [1.29, 1.82) is 0 Å². The third-order valence-corrected chi connectivity index (χ3v) is 6.36. The second kappa shape index (κ2) is 8.72. The van der Waals surface area contributed by atoms with E-state index in [4.69, 9.17) is 4.74 Å². The lowest BCUT2D eigenvalue weighted by Crippen LogP contribution is -2.47. The van der Waals surface area contributed by atoms with Crippen LogP contribution < -0.4 is 4.74 Å². The molecule has 2 heterocycles. The molecule has 0 radical (unpaired) electrons. The summed E-state index contributed by atoms with van der Waals surface area (Å²) in [5.41, 5.74) is 0.775. The molecule has 5 heteroatoms. The van der Waals surface area contributed by atoms with E-state index in [1.54, 1.807) is 0 Å². The van der Waals surface area contributed by atoms with Crippen molar-refractivity contribution in [1.82, 2.24) is 14.7 Å². The largest absolute Gasteiger partial charge is 0.490 e. The Morgan fingerprint density at radius 1 is 0.931 bits per heavy atom. The van der Waals surface area contributed by atoms with Crippen molar-refractivity contribution in [2.75, 3.05) is 46.3 Å². The zero-order valence-electron chi connectivity index (χ0n) is 17.9. The van der Waals surface area contributed by atoms with E-state index < -0.39 is 0 Å². The lowest BCUT2D eigenvalue weighted by atomic mass is 10.0.